The highest BCUT2D eigenvalue weighted by atomic mass is 35.5. The zero-order valence-corrected chi connectivity index (χ0v) is 10.4. The van der Waals surface area contributed by atoms with E-state index in [2.05, 4.69) is 5.32 Å². The van der Waals surface area contributed by atoms with E-state index in [0.717, 1.165) is 5.56 Å². The van der Waals surface area contributed by atoms with Crippen LogP contribution in [0.3, 0.4) is 0 Å². The minimum atomic E-state index is -0.616. The second-order valence-corrected chi connectivity index (χ2v) is 4.34. The first-order chi connectivity index (χ1) is 8.66. The predicted molar refractivity (Wildman–Crippen MR) is 71.3 cm³/mol. The van der Waals surface area contributed by atoms with E-state index < -0.39 is 11.9 Å². The maximum atomic E-state index is 13.0. The number of hydrogen-bond acceptors (Lipinski definition) is 2. The molecule has 0 heterocycles. The lowest BCUT2D eigenvalue weighted by molar-refractivity contribution is 0.191. The van der Waals surface area contributed by atoms with Gasteiger partial charge in [0.1, 0.15) is 5.82 Å². The standard InChI is InChI=1S/C14H13ClFNO/c15-12-8-11(6-7-13(12)16)17-9-14(18)10-4-2-1-3-5-10/h1-8,14,17-18H,9H2. The summed E-state index contributed by atoms with van der Waals surface area (Å²) in [6.07, 6.45) is -0.616. The number of anilines is 1. The maximum absolute atomic E-state index is 13.0. The number of benzene rings is 2. The van der Waals surface area contributed by atoms with Crippen molar-refractivity contribution in [1.82, 2.24) is 0 Å². The van der Waals surface area contributed by atoms with Crippen LogP contribution in [-0.4, -0.2) is 11.7 Å². The molecule has 2 N–H and O–H groups in total. The van der Waals surface area contributed by atoms with E-state index in [1.165, 1.54) is 12.1 Å². The number of aliphatic hydroxyl groups is 1. The van der Waals surface area contributed by atoms with Gasteiger partial charge in [0.25, 0.3) is 0 Å². The van der Waals surface area contributed by atoms with Crippen LogP contribution in [0.15, 0.2) is 48.5 Å². The third kappa shape index (κ3) is 3.22. The summed E-state index contributed by atoms with van der Waals surface area (Å²) in [6, 6.07) is 13.7. The molecule has 2 aromatic carbocycles. The quantitative estimate of drug-likeness (QED) is 0.885. The molecule has 0 aliphatic rings. The second-order valence-electron chi connectivity index (χ2n) is 3.94. The molecule has 0 aliphatic heterocycles. The Bertz CT molecular complexity index is 518. The van der Waals surface area contributed by atoms with E-state index in [1.807, 2.05) is 30.3 Å². The van der Waals surface area contributed by atoms with Crippen LogP contribution in [0.5, 0.6) is 0 Å². The Morgan fingerprint density at radius 2 is 1.89 bits per heavy atom. The Morgan fingerprint density at radius 3 is 2.56 bits per heavy atom. The molecular weight excluding hydrogens is 253 g/mol. The molecule has 94 valence electrons. The van der Waals surface area contributed by atoms with Crippen molar-refractivity contribution in [1.29, 1.82) is 0 Å². The van der Waals surface area contributed by atoms with Gasteiger partial charge in [-0.25, -0.2) is 4.39 Å². The van der Waals surface area contributed by atoms with Crippen LogP contribution in [0.1, 0.15) is 11.7 Å². The number of aliphatic hydroxyl groups excluding tert-OH is 1. The van der Waals surface area contributed by atoms with Gasteiger partial charge in [-0.05, 0) is 23.8 Å². The SMILES string of the molecule is OC(CNc1ccc(F)c(Cl)c1)c1ccccc1. The summed E-state index contributed by atoms with van der Waals surface area (Å²) in [5, 5.41) is 13.0. The fourth-order valence-electron chi connectivity index (χ4n) is 1.61. The third-order valence-corrected chi connectivity index (χ3v) is 2.89. The van der Waals surface area contributed by atoms with Crippen LogP contribution in [-0.2, 0) is 0 Å². The molecule has 0 amide bonds. The van der Waals surface area contributed by atoms with Crippen LogP contribution in [0.4, 0.5) is 10.1 Å². The maximum Gasteiger partial charge on any atom is 0.141 e. The largest absolute Gasteiger partial charge is 0.387 e. The molecule has 18 heavy (non-hydrogen) atoms. The normalized spacial score (nSPS) is 12.2. The molecule has 2 aromatic rings. The van der Waals surface area contributed by atoms with E-state index in [9.17, 15) is 9.50 Å². The Morgan fingerprint density at radius 1 is 1.17 bits per heavy atom. The molecule has 2 nitrogen and oxygen atoms in total. The Labute approximate surface area is 110 Å². The first kappa shape index (κ1) is 12.9. The Balaban J connectivity index is 1.97. The number of halogens is 2. The molecule has 1 atom stereocenters. The smallest absolute Gasteiger partial charge is 0.141 e. The number of rotatable bonds is 4. The van der Waals surface area contributed by atoms with Gasteiger partial charge >= 0.3 is 0 Å². The van der Waals surface area contributed by atoms with E-state index in [1.54, 1.807) is 6.07 Å². The summed E-state index contributed by atoms with van der Waals surface area (Å²) in [5.41, 5.74) is 1.51. The fourth-order valence-corrected chi connectivity index (χ4v) is 1.79. The van der Waals surface area contributed by atoms with Crippen LogP contribution < -0.4 is 5.32 Å². The zero-order chi connectivity index (χ0) is 13.0. The average molecular weight is 266 g/mol. The van der Waals surface area contributed by atoms with Crippen molar-refractivity contribution in [3.05, 3.63) is 64.9 Å². The predicted octanol–water partition coefficient (Wildman–Crippen LogP) is 3.62. The summed E-state index contributed by atoms with van der Waals surface area (Å²) in [4.78, 5) is 0. The van der Waals surface area contributed by atoms with Crippen LogP contribution in [0, 0.1) is 5.82 Å². The van der Waals surface area contributed by atoms with E-state index in [4.69, 9.17) is 11.6 Å². The molecule has 0 fully saturated rings. The van der Waals surface area contributed by atoms with Crippen molar-refractivity contribution in [2.75, 3.05) is 11.9 Å². The van der Waals surface area contributed by atoms with Crippen molar-refractivity contribution in [2.45, 2.75) is 6.10 Å². The number of hydrogen-bond donors (Lipinski definition) is 2. The Kier molecular flexibility index (Phi) is 4.18. The van der Waals surface area contributed by atoms with Gasteiger partial charge in [0.15, 0.2) is 0 Å². The minimum Gasteiger partial charge on any atom is -0.387 e. The highest BCUT2D eigenvalue weighted by molar-refractivity contribution is 6.31. The summed E-state index contributed by atoms with van der Waals surface area (Å²) < 4.78 is 13.0. The monoisotopic (exact) mass is 265 g/mol. The molecular formula is C14H13ClFNO. The van der Waals surface area contributed by atoms with Crippen molar-refractivity contribution in [3.8, 4) is 0 Å². The lowest BCUT2D eigenvalue weighted by Crippen LogP contribution is -2.12. The number of nitrogens with one attached hydrogen (secondary N) is 1. The molecule has 4 heteroatoms. The molecule has 0 aliphatic carbocycles. The van der Waals surface area contributed by atoms with E-state index >= 15 is 0 Å². The summed E-state index contributed by atoms with van der Waals surface area (Å²) in [5.74, 6) is -0.453. The van der Waals surface area contributed by atoms with Gasteiger partial charge in [-0.1, -0.05) is 41.9 Å². The van der Waals surface area contributed by atoms with Gasteiger partial charge in [-0.15, -0.1) is 0 Å². The Hall–Kier alpha value is -1.58. The molecule has 0 radical (unpaired) electrons. The van der Waals surface area contributed by atoms with Crippen LogP contribution in [0.25, 0.3) is 0 Å². The zero-order valence-electron chi connectivity index (χ0n) is 9.61. The fraction of sp³-hybridized carbons (Fsp3) is 0.143. The molecule has 0 bridgehead atoms. The van der Waals surface area contributed by atoms with Crippen LogP contribution >= 0.6 is 11.6 Å². The summed E-state index contributed by atoms with van der Waals surface area (Å²) >= 11 is 5.67. The lowest BCUT2D eigenvalue weighted by Gasteiger charge is -2.13. The van der Waals surface area contributed by atoms with Crippen molar-refractivity contribution in [2.24, 2.45) is 0 Å². The van der Waals surface area contributed by atoms with Gasteiger partial charge in [0, 0.05) is 12.2 Å². The molecule has 0 saturated heterocycles. The van der Waals surface area contributed by atoms with Crippen molar-refractivity contribution >= 4 is 17.3 Å². The minimum absolute atomic E-state index is 0.0641. The molecule has 1 unspecified atom stereocenters. The highest BCUT2D eigenvalue weighted by Crippen LogP contribution is 2.20. The first-order valence-corrected chi connectivity index (χ1v) is 5.96. The molecule has 0 aromatic heterocycles. The average Bonchev–Trinajstić information content (AvgIpc) is 2.41. The third-order valence-electron chi connectivity index (χ3n) is 2.60. The molecule has 2 rings (SSSR count). The second kappa shape index (κ2) is 5.85. The van der Waals surface area contributed by atoms with E-state index in [-0.39, 0.29) is 5.02 Å². The molecule has 0 spiro atoms. The van der Waals surface area contributed by atoms with Gasteiger partial charge in [0.05, 0.1) is 11.1 Å². The topological polar surface area (TPSA) is 32.3 Å². The van der Waals surface area contributed by atoms with Gasteiger partial charge < -0.3 is 10.4 Å². The summed E-state index contributed by atoms with van der Waals surface area (Å²) in [6.45, 7) is 0.339. The lowest BCUT2D eigenvalue weighted by atomic mass is 10.1. The van der Waals surface area contributed by atoms with Crippen molar-refractivity contribution < 1.29 is 9.50 Å². The van der Waals surface area contributed by atoms with Crippen LogP contribution in [0.2, 0.25) is 5.02 Å². The van der Waals surface area contributed by atoms with Crippen molar-refractivity contribution in [3.63, 3.8) is 0 Å². The first-order valence-electron chi connectivity index (χ1n) is 5.59. The van der Waals surface area contributed by atoms with Gasteiger partial charge in [-0.2, -0.15) is 0 Å². The molecule has 0 saturated carbocycles. The summed E-state index contributed by atoms with van der Waals surface area (Å²) in [7, 11) is 0. The van der Waals surface area contributed by atoms with Gasteiger partial charge in [-0.3, -0.25) is 0 Å². The highest BCUT2D eigenvalue weighted by Gasteiger charge is 2.07. The van der Waals surface area contributed by atoms with E-state index in [0.29, 0.717) is 12.2 Å². The van der Waals surface area contributed by atoms with Gasteiger partial charge in [0.2, 0.25) is 0 Å².